The predicted octanol–water partition coefficient (Wildman–Crippen LogP) is 2.96. The molecule has 0 unspecified atom stereocenters. The minimum absolute atomic E-state index is 0.611. The molecule has 17 heavy (non-hydrogen) atoms. The van der Waals surface area contributed by atoms with Crippen molar-refractivity contribution in [1.82, 2.24) is 9.97 Å². The van der Waals surface area contributed by atoms with E-state index < -0.39 is 0 Å². The molecule has 84 valence electrons. The molecule has 2 heterocycles. The molecule has 4 nitrogen and oxygen atoms in total. The number of aromatic nitrogens is 2. The van der Waals surface area contributed by atoms with Gasteiger partial charge >= 0.3 is 0 Å². The first-order valence-corrected chi connectivity index (χ1v) is 5.86. The summed E-state index contributed by atoms with van der Waals surface area (Å²) in [5.74, 6) is 0. The van der Waals surface area contributed by atoms with Crippen molar-refractivity contribution in [2.75, 3.05) is 5.73 Å². The molecule has 1 aromatic carbocycles. The molecule has 0 saturated heterocycles. The molecule has 2 N–H and O–H groups in total. The van der Waals surface area contributed by atoms with E-state index in [4.69, 9.17) is 10.2 Å². The van der Waals surface area contributed by atoms with E-state index in [1.165, 1.54) is 11.8 Å². The van der Waals surface area contributed by atoms with Gasteiger partial charge in [-0.1, -0.05) is 0 Å². The highest BCUT2D eigenvalue weighted by Crippen LogP contribution is 2.34. The van der Waals surface area contributed by atoms with Crippen LogP contribution in [0, 0.1) is 0 Å². The number of rotatable bonds is 2. The Morgan fingerprint density at radius 3 is 2.88 bits per heavy atom. The number of pyridine rings is 1. The van der Waals surface area contributed by atoms with Crippen LogP contribution in [-0.4, -0.2) is 9.97 Å². The lowest BCUT2D eigenvalue weighted by atomic mass is 10.1. The lowest BCUT2D eigenvalue weighted by molar-refractivity contribution is 0.454. The summed E-state index contributed by atoms with van der Waals surface area (Å²) in [7, 11) is 0. The van der Waals surface area contributed by atoms with E-state index in [0.717, 1.165) is 21.4 Å². The summed E-state index contributed by atoms with van der Waals surface area (Å²) >= 11 is 1.46. The first-order chi connectivity index (χ1) is 8.34. The predicted molar refractivity (Wildman–Crippen MR) is 66.8 cm³/mol. The summed E-state index contributed by atoms with van der Waals surface area (Å²) in [5.41, 5.74) is 6.67. The summed E-state index contributed by atoms with van der Waals surface area (Å²) < 4.78 is 5.22. The van der Waals surface area contributed by atoms with Crippen molar-refractivity contribution in [2.45, 2.75) is 10.1 Å². The van der Waals surface area contributed by atoms with E-state index in [2.05, 4.69) is 9.97 Å². The van der Waals surface area contributed by atoms with Gasteiger partial charge in [0.25, 0.3) is 5.22 Å². The van der Waals surface area contributed by atoms with E-state index in [1.807, 2.05) is 18.2 Å². The number of benzene rings is 1. The molecule has 5 heteroatoms. The van der Waals surface area contributed by atoms with Crippen LogP contribution < -0.4 is 5.73 Å². The monoisotopic (exact) mass is 243 g/mol. The van der Waals surface area contributed by atoms with E-state index in [0.29, 0.717) is 5.22 Å². The number of hydrogen-bond donors (Lipinski definition) is 1. The molecule has 0 bridgehead atoms. The normalized spacial score (nSPS) is 10.8. The fourth-order valence-corrected chi connectivity index (χ4v) is 2.45. The minimum atomic E-state index is 0.611. The van der Waals surface area contributed by atoms with Crippen LogP contribution in [0.25, 0.3) is 10.8 Å². The van der Waals surface area contributed by atoms with E-state index in [1.54, 1.807) is 24.9 Å². The van der Waals surface area contributed by atoms with Crippen molar-refractivity contribution in [2.24, 2.45) is 0 Å². The van der Waals surface area contributed by atoms with Crippen LogP contribution >= 0.6 is 11.8 Å². The van der Waals surface area contributed by atoms with E-state index >= 15 is 0 Å². The highest BCUT2D eigenvalue weighted by Gasteiger charge is 2.07. The molecule has 0 spiro atoms. The van der Waals surface area contributed by atoms with Crippen LogP contribution in [0.3, 0.4) is 0 Å². The van der Waals surface area contributed by atoms with Crippen LogP contribution in [0.15, 0.2) is 57.6 Å². The molecule has 0 aliphatic carbocycles. The molecule has 0 amide bonds. The number of anilines is 1. The lowest BCUT2D eigenvalue weighted by Gasteiger charge is -2.05. The van der Waals surface area contributed by atoms with E-state index in [9.17, 15) is 0 Å². The maximum Gasteiger partial charge on any atom is 0.260 e. The molecule has 0 radical (unpaired) electrons. The van der Waals surface area contributed by atoms with Crippen LogP contribution in [0.5, 0.6) is 0 Å². The van der Waals surface area contributed by atoms with Crippen LogP contribution in [0.2, 0.25) is 0 Å². The second-order valence-corrected chi connectivity index (χ2v) is 4.47. The number of nitrogens with two attached hydrogens (primary N) is 1. The Morgan fingerprint density at radius 2 is 2.06 bits per heavy atom. The fourth-order valence-electron chi connectivity index (χ4n) is 1.63. The Balaban J connectivity index is 2.14. The molecule has 0 fully saturated rings. The summed E-state index contributed by atoms with van der Waals surface area (Å²) in [4.78, 5) is 9.24. The molecule has 3 aromatic rings. The minimum Gasteiger partial charge on any atom is -0.440 e. The number of hydrogen-bond acceptors (Lipinski definition) is 5. The Bertz CT molecular complexity index is 652. The SMILES string of the molecule is Nc1ccc(Sc2ncco2)c2cnccc12. The van der Waals surface area contributed by atoms with Gasteiger partial charge in [0.2, 0.25) is 0 Å². The summed E-state index contributed by atoms with van der Waals surface area (Å²) in [6, 6.07) is 5.74. The first-order valence-electron chi connectivity index (χ1n) is 5.04. The third kappa shape index (κ3) is 1.85. The molecule has 0 saturated carbocycles. The van der Waals surface area contributed by atoms with Crippen LogP contribution in [0.4, 0.5) is 5.69 Å². The average molecular weight is 243 g/mol. The average Bonchev–Trinajstić information content (AvgIpc) is 2.86. The Kier molecular flexibility index (Phi) is 2.45. The van der Waals surface area contributed by atoms with Gasteiger partial charge in [-0.15, -0.1) is 0 Å². The summed E-state index contributed by atoms with van der Waals surface area (Å²) in [5, 5.41) is 2.62. The topological polar surface area (TPSA) is 64.9 Å². The molecule has 2 aromatic heterocycles. The van der Waals surface area contributed by atoms with Crippen LogP contribution in [-0.2, 0) is 0 Å². The number of nitrogen functional groups attached to an aromatic ring is 1. The van der Waals surface area contributed by atoms with Crippen molar-refractivity contribution in [3.8, 4) is 0 Å². The van der Waals surface area contributed by atoms with Gasteiger partial charge in [-0.25, -0.2) is 4.98 Å². The molecule has 0 aliphatic heterocycles. The number of oxazole rings is 1. The van der Waals surface area contributed by atoms with Crippen molar-refractivity contribution >= 4 is 28.2 Å². The smallest absolute Gasteiger partial charge is 0.260 e. The highest BCUT2D eigenvalue weighted by atomic mass is 32.2. The highest BCUT2D eigenvalue weighted by molar-refractivity contribution is 7.99. The van der Waals surface area contributed by atoms with E-state index in [-0.39, 0.29) is 0 Å². The molecule has 0 atom stereocenters. The van der Waals surface area contributed by atoms with Crippen molar-refractivity contribution in [1.29, 1.82) is 0 Å². The van der Waals surface area contributed by atoms with Gasteiger partial charge in [0.15, 0.2) is 0 Å². The maximum atomic E-state index is 5.92. The van der Waals surface area contributed by atoms with Gasteiger partial charge in [0.1, 0.15) is 6.26 Å². The maximum absolute atomic E-state index is 5.92. The molecule has 0 aliphatic rings. The number of nitrogens with zero attached hydrogens (tertiary/aromatic N) is 2. The zero-order valence-electron chi connectivity index (χ0n) is 8.83. The largest absolute Gasteiger partial charge is 0.440 e. The Morgan fingerprint density at radius 1 is 1.12 bits per heavy atom. The van der Waals surface area contributed by atoms with Crippen LogP contribution in [0.1, 0.15) is 0 Å². The second kappa shape index (κ2) is 4.10. The zero-order chi connectivity index (χ0) is 11.7. The van der Waals surface area contributed by atoms with Crippen molar-refractivity contribution in [3.05, 3.63) is 43.1 Å². The molecular weight excluding hydrogens is 234 g/mol. The first kappa shape index (κ1) is 10.2. The van der Waals surface area contributed by atoms with Gasteiger partial charge in [0, 0.05) is 33.7 Å². The Labute approximate surface area is 102 Å². The quantitative estimate of drug-likeness (QED) is 0.701. The number of fused-ring (bicyclic) bond motifs is 1. The fraction of sp³-hybridized carbons (Fsp3) is 0. The standard InChI is InChI=1S/C12H9N3OS/c13-10-1-2-11(17-12-15-5-6-16-12)9-7-14-4-3-8(9)10/h1-7H,13H2. The van der Waals surface area contributed by atoms with Crippen molar-refractivity contribution < 1.29 is 4.42 Å². The van der Waals surface area contributed by atoms with Crippen molar-refractivity contribution in [3.63, 3.8) is 0 Å². The lowest BCUT2D eigenvalue weighted by Crippen LogP contribution is -1.88. The van der Waals surface area contributed by atoms with Gasteiger partial charge in [-0.2, -0.15) is 0 Å². The molecule has 3 rings (SSSR count). The van der Waals surface area contributed by atoms with Gasteiger partial charge < -0.3 is 10.2 Å². The third-order valence-corrected chi connectivity index (χ3v) is 3.37. The summed E-state index contributed by atoms with van der Waals surface area (Å²) in [6.45, 7) is 0. The second-order valence-electron chi connectivity index (χ2n) is 3.47. The molecular formula is C12H9N3OS. The van der Waals surface area contributed by atoms with Gasteiger partial charge in [-0.05, 0) is 30.0 Å². The van der Waals surface area contributed by atoms with Gasteiger partial charge in [0.05, 0.1) is 6.20 Å². The third-order valence-electron chi connectivity index (χ3n) is 2.42. The zero-order valence-corrected chi connectivity index (χ0v) is 9.65. The van der Waals surface area contributed by atoms with Gasteiger partial charge in [-0.3, -0.25) is 4.98 Å². The summed E-state index contributed by atoms with van der Waals surface area (Å²) in [6.07, 6.45) is 6.72. The Hall–Kier alpha value is -2.01.